The highest BCUT2D eigenvalue weighted by Crippen LogP contribution is 2.54. The molecule has 0 fully saturated rings. The Kier molecular flexibility index (Phi) is 4.69. The van der Waals surface area contributed by atoms with E-state index in [1.165, 1.54) is 5.57 Å². The van der Waals surface area contributed by atoms with Crippen LogP contribution in [-0.4, -0.2) is 35.9 Å². The molecule has 0 bridgehead atoms. The second-order valence-corrected chi connectivity index (χ2v) is 7.63. The molecule has 4 rings (SSSR count). The molecule has 29 heavy (non-hydrogen) atoms. The number of hydrogen-bond acceptors (Lipinski definition) is 5. The maximum atomic E-state index is 10.2. The summed E-state index contributed by atoms with van der Waals surface area (Å²) in [5.74, 6) is 1.27. The number of hydrogen-bond donors (Lipinski definition) is 2. The Morgan fingerprint density at radius 3 is 2.48 bits per heavy atom. The number of allylic oxidation sites excluding steroid dienone is 1. The summed E-state index contributed by atoms with van der Waals surface area (Å²) in [6.45, 7) is 9.24. The van der Waals surface area contributed by atoms with E-state index in [1.807, 2.05) is 13.0 Å². The molecule has 0 saturated heterocycles. The number of fused-ring (bicyclic) bond motifs is 4. The van der Waals surface area contributed by atoms with Gasteiger partial charge in [0.05, 0.1) is 20.3 Å². The maximum absolute atomic E-state index is 10.2. The Hall–Kier alpha value is -3.08. The van der Waals surface area contributed by atoms with E-state index in [0.29, 0.717) is 5.75 Å². The van der Waals surface area contributed by atoms with E-state index in [1.54, 1.807) is 26.4 Å². The largest absolute Gasteiger partial charge is 0.504 e. The predicted molar refractivity (Wildman–Crippen MR) is 114 cm³/mol. The quantitative estimate of drug-likeness (QED) is 0.572. The molecule has 0 saturated carbocycles. The molecule has 2 N–H and O–H groups in total. The molecule has 1 atom stereocenters. The molecule has 152 valence electrons. The van der Waals surface area contributed by atoms with Crippen molar-refractivity contribution in [2.24, 2.45) is 0 Å². The van der Waals surface area contributed by atoms with Gasteiger partial charge in [0.25, 0.3) is 0 Å². The van der Waals surface area contributed by atoms with E-state index < -0.39 is 0 Å². The van der Waals surface area contributed by atoms with Gasteiger partial charge in [-0.15, -0.1) is 0 Å². The van der Waals surface area contributed by atoms with E-state index in [0.717, 1.165) is 58.7 Å². The maximum Gasteiger partial charge on any atom is 0.166 e. The van der Waals surface area contributed by atoms with Crippen LogP contribution in [0, 0.1) is 0 Å². The van der Waals surface area contributed by atoms with Crippen LogP contribution < -0.4 is 9.47 Å². The van der Waals surface area contributed by atoms with Crippen molar-refractivity contribution in [2.75, 3.05) is 20.8 Å². The highest BCUT2D eigenvalue weighted by Gasteiger charge is 2.39. The number of aromatic hydroxyl groups is 2. The van der Waals surface area contributed by atoms with E-state index in [4.69, 9.17) is 9.47 Å². The minimum absolute atomic E-state index is 0.0653. The molecule has 5 heteroatoms. The summed E-state index contributed by atoms with van der Waals surface area (Å²) >= 11 is 0. The molecule has 0 amide bonds. The van der Waals surface area contributed by atoms with Gasteiger partial charge in [0, 0.05) is 23.4 Å². The monoisotopic (exact) mass is 393 g/mol. The number of benzene rings is 2. The third-order valence-corrected chi connectivity index (χ3v) is 5.97. The number of rotatable bonds is 4. The van der Waals surface area contributed by atoms with Gasteiger partial charge in [-0.3, -0.25) is 0 Å². The van der Waals surface area contributed by atoms with Gasteiger partial charge < -0.3 is 24.6 Å². The molecule has 1 unspecified atom stereocenters. The van der Waals surface area contributed by atoms with E-state index in [-0.39, 0.29) is 17.5 Å². The van der Waals surface area contributed by atoms with Crippen molar-refractivity contribution in [3.05, 3.63) is 58.7 Å². The second-order valence-electron chi connectivity index (χ2n) is 7.63. The highest BCUT2D eigenvalue weighted by atomic mass is 16.5. The first-order chi connectivity index (χ1) is 13.9. The zero-order chi connectivity index (χ0) is 20.9. The lowest BCUT2D eigenvalue weighted by Crippen LogP contribution is -2.37. The summed E-state index contributed by atoms with van der Waals surface area (Å²) in [7, 11) is 3.32. The van der Waals surface area contributed by atoms with Gasteiger partial charge in [0.1, 0.15) is 0 Å². The van der Waals surface area contributed by atoms with Crippen LogP contribution in [0.4, 0.5) is 0 Å². The van der Waals surface area contributed by atoms with Crippen LogP contribution >= 0.6 is 0 Å². The van der Waals surface area contributed by atoms with Gasteiger partial charge in [0.2, 0.25) is 0 Å². The van der Waals surface area contributed by atoms with Crippen molar-refractivity contribution in [3.63, 3.8) is 0 Å². The highest BCUT2D eigenvalue weighted by molar-refractivity contribution is 5.96. The molecular formula is C24H27NO4. The van der Waals surface area contributed by atoms with Crippen LogP contribution in [0.5, 0.6) is 23.0 Å². The number of phenolic OH excluding ortho intramolecular Hbond substituents is 2. The lowest BCUT2D eigenvalue weighted by atomic mass is 9.79. The van der Waals surface area contributed by atoms with Crippen molar-refractivity contribution in [1.29, 1.82) is 0 Å². The van der Waals surface area contributed by atoms with Crippen LogP contribution in [0.1, 0.15) is 48.6 Å². The van der Waals surface area contributed by atoms with Crippen LogP contribution in [0.25, 0.3) is 11.3 Å². The van der Waals surface area contributed by atoms with Gasteiger partial charge in [-0.1, -0.05) is 25.1 Å². The first-order valence-corrected chi connectivity index (χ1v) is 9.88. The minimum Gasteiger partial charge on any atom is -0.504 e. The Morgan fingerprint density at radius 1 is 1.14 bits per heavy atom. The van der Waals surface area contributed by atoms with E-state index in [9.17, 15) is 10.2 Å². The molecular weight excluding hydrogens is 366 g/mol. The summed E-state index contributed by atoms with van der Waals surface area (Å²) in [6.07, 6.45) is 1.59. The first kappa shape index (κ1) is 19.2. The molecule has 2 aromatic rings. The number of phenols is 2. The Labute approximate surface area is 171 Å². The summed E-state index contributed by atoms with van der Waals surface area (Å²) in [5.41, 5.74) is 7.49. The van der Waals surface area contributed by atoms with Gasteiger partial charge in [-0.2, -0.15) is 0 Å². The Morgan fingerprint density at radius 2 is 1.86 bits per heavy atom. The van der Waals surface area contributed by atoms with Crippen LogP contribution in [0.2, 0.25) is 0 Å². The van der Waals surface area contributed by atoms with Crippen molar-refractivity contribution >= 4 is 11.3 Å². The van der Waals surface area contributed by atoms with E-state index >= 15 is 0 Å². The lowest BCUT2D eigenvalue weighted by molar-refractivity contribution is 0.301. The van der Waals surface area contributed by atoms with Crippen LogP contribution in [0.3, 0.4) is 0 Å². The first-order valence-electron chi connectivity index (χ1n) is 9.88. The molecule has 0 aliphatic carbocycles. The van der Waals surface area contributed by atoms with Gasteiger partial charge in [0.15, 0.2) is 23.0 Å². The zero-order valence-corrected chi connectivity index (χ0v) is 17.4. The summed E-state index contributed by atoms with van der Waals surface area (Å²) in [4.78, 5) is 2.35. The zero-order valence-electron chi connectivity index (χ0n) is 17.4. The minimum atomic E-state index is -0.0986. The molecule has 5 nitrogen and oxygen atoms in total. The normalized spacial score (nSPS) is 17.4. The molecule has 0 radical (unpaired) electrons. The fourth-order valence-electron chi connectivity index (χ4n) is 4.79. The number of ether oxygens (including phenoxy) is 2. The van der Waals surface area contributed by atoms with Gasteiger partial charge in [-0.25, -0.2) is 0 Å². The second kappa shape index (κ2) is 7.07. The van der Waals surface area contributed by atoms with Gasteiger partial charge >= 0.3 is 0 Å². The topological polar surface area (TPSA) is 62.2 Å². The Bertz CT molecular complexity index is 1040. The molecule has 2 aliphatic heterocycles. The third-order valence-electron chi connectivity index (χ3n) is 5.97. The average molecular weight is 393 g/mol. The van der Waals surface area contributed by atoms with Crippen molar-refractivity contribution in [1.82, 2.24) is 4.90 Å². The lowest BCUT2D eigenvalue weighted by Gasteiger charge is -2.46. The predicted octanol–water partition coefficient (Wildman–Crippen LogP) is 4.88. The number of nitrogens with zero attached hydrogens (tertiary/aromatic N) is 1. The van der Waals surface area contributed by atoms with E-state index in [2.05, 4.69) is 24.5 Å². The Balaban J connectivity index is 2.09. The van der Waals surface area contributed by atoms with Crippen molar-refractivity contribution in [3.8, 4) is 23.0 Å². The SMILES string of the molecule is C=C(C)C1c2c(ccc(OC)c2OC)C(CC)=C2c3cc(O)c(O)cc3CCN21. The molecule has 2 aromatic carbocycles. The molecule has 0 spiro atoms. The van der Waals surface area contributed by atoms with Crippen molar-refractivity contribution in [2.45, 2.75) is 32.7 Å². The summed E-state index contributed by atoms with van der Waals surface area (Å²) < 4.78 is 11.4. The van der Waals surface area contributed by atoms with Crippen molar-refractivity contribution < 1.29 is 19.7 Å². The van der Waals surface area contributed by atoms with Gasteiger partial charge in [-0.05, 0) is 54.7 Å². The third kappa shape index (κ3) is 2.76. The smallest absolute Gasteiger partial charge is 0.166 e. The fraction of sp³-hybridized carbons (Fsp3) is 0.333. The molecule has 2 aliphatic rings. The summed E-state index contributed by atoms with van der Waals surface area (Å²) in [5, 5.41) is 20.2. The standard InChI is InChI=1S/C24H27NO4/c1-6-15-16-7-8-20(28-4)24(29-5)21(16)22(13(2)3)25-10-9-14-11-18(26)19(27)12-17(14)23(15)25/h7-8,11-12,22,26-27H,2,6,9-10H2,1,3-5H3. The molecule has 2 heterocycles. The van der Waals surface area contributed by atoms with Crippen LogP contribution in [0.15, 0.2) is 36.4 Å². The number of methoxy groups -OCH3 is 2. The summed E-state index contributed by atoms with van der Waals surface area (Å²) in [6, 6.07) is 7.33. The van der Waals surface area contributed by atoms with Crippen LogP contribution in [-0.2, 0) is 6.42 Å². The average Bonchev–Trinajstić information content (AvgIpc) is 2.71. The fourth-order valence-corrected chi connectivity index (χ4v) is 4.79. The molecule has 0 aromatic heterocycles.